The number of carbonyl (C=O) groups excluding carboxylic acids is 1. The zero-order valence-electron chi connectivity index (χ0n) is 22.9. The number of aryl methyl sites for hydroxylation is 1. The van der Waals surface area contributed by atoms with Crippen molar-refractivity contribution >= 4 is 33.0 Å². The average molecular weight is 593 g/mol. The number of guanidine groups is 1. The van der Waals surface area contributed by atoms with E-state index in [4.69, 9.17) is 10.5 Å². The second-order valence-electron chi connectivity index (χ2n) is 9.55. The van der Waals surface area contributed by atoms with Gasteiger partial charge in [0.15, 0.2) is 0 Å². The monoisotopic (exact) mass is 592 g/mol. The molecule has 1 heterocycles. The highest BCUT2D eigenvalue weighted by Crippen LogP contribution is 2.19. The fourth-order valence-corrected chi connectivity index (χ4v) is 5.07. The molecule has 12 nitrogen and oxygen atoms in total. The number of nitrogens with two attached hydrogens (primary N) is 1. The van der Waals surface area contributed by atoms with Gasteiger partial charge < -0.3 is 25.9 Å². The topological polar surface area (TPSA) is 189 Å². The van der Waals surface area contributed by atoms with Crippen molar-refractivity contribution < 1.29 is 23.1 Å². The number of aliphatic imine (C=N–C) groups is 1. The molecule has 4 aromatic rings. The number of hydrogen-bond donors (Lipinski definition) is 5. The van der Waals surface area contributed by atoms with Crippen molar-refractivity contribution in [1.29, 1.82) is 0 Å². The summed E-state index contributed by atoms with van der Waals surface area (Å²) in [5.74, 6) is -0.329. The summed E-state index contributed by atoms with van der Waals surface area (Å²) in [4.78, 5) is 36.3. The van der Waals surface area contributed by atoms with Gasteiger partial charge in [-0.1, -0.05) is 60.2 Å². The molecule has 0 saturated carbocycles. The number of amides is 1. The van der Waals surface area contributed by atoms with Crippen LogP contribution in [0.4, 0.5) is 4.79 Å². The van der Waals surface area contributed by atoms with Crippen molar-refractivity contribution in [2.75, 3.05) is 6.54 Å². The number of para-hydroxylation sites is 1. The zero-order valence-corrected chi connectivity index (χ0v) is 23.7. The Morgan fingerprint density at radius 2 is 1.76 bits per heavy atom. The highest BCUT2D eigenvalue weighted by Gasteiger charge is 2.26. The van der Waals surface area contributed by atoms with Crippen LogP contribution >= 0.6 is 0 Å². The molecule has 0 fully saturated rings. The van der Waals surface area contributed by atoms with E-state index < -0.39 is 33.8 Å². The lowest BCUT2D eigenvalue weighted by Crippen LogP contribution is -2.41. The third-order valence-electron chi connectivity index (χ3n) is 6.33. The van der Waals surface area contributed by atoms with Crippen LogP contribution in [0.5, 0.6) is 0 Å². The Hall–Kier alpha value is -4.75. The van der Waals surface area contributed by atoms with Crippen LogP contribution in [0.1, 0.15) is 35.9 Å². The maximum atomic E-state index is 12.6. The van der Waals surface area contributed by atoms with Crippen LogP contribution in [0.15, 0.2) is 93.5 Å². The minimum Gasteiger partial charge on any atom is -0.445 e. The summed E-state index contributed by atoms with van der Waals surface area (Å²) in [5.41, 5.74) is 7.46. The van der Waals surface area contributed by atoms with E-state index in [9.17, 15) is 23.1 Å². The minimum absolute atomic E-state index is 0.0164. The van der Waals surface area contributed by atoms with Crippen LogP contribution in [0.25, 0.3) is 10.9 Å². The molecule has 13 heteroatoms. The fraction of sp³-hybridized carbons (Fsp3) is 0.241. The molecule has 1 amide bonds. The largest absolute Gasteiger partial charge is 0.445 e. The number of aromatic nitrogens is 2. The number of nitrogens with zero attached hydrogens (tertiary/aromatic N) is 2. The Bertz CT molecular complexity index is 1710. The Labute approximate surface area is 242 Å². The van der Waals surface area contributed by atoms with Crippen molar-refractivity contribution in [3.63, 3.8) is 0 Å². The van der Waals surface area contributed by atoms with Gasteiger partial charge in [-0.15, -0.1) is 0 Å². The van der Waals surface area contributed by atoms with E-state index in [1.807, 2.05) is 25.1 Å². The molecule has 0 saturated heterocycles. The SMILES string of the molecule is Cc1ccc(S(=O)(=O)NC(N)=NCCC[C@H](NC(=O)OCc2ccccc2)C(O)c2nc3ccccc3c(=O)[nH]2)cc1. The van der Waals surface area contributed by atoms with Crippen molar-refractivity contribution in [3.8, 4) is 0 Å². The van der Waals surface area contributed by atoms with Crippen LogP contribution in [0.2, 0.25) is 0 Å². The standard InChI is InChI=1S/C29H32N6O6S/c1-19-13-15-21(16-14-19)42(39,40)35-28(30)31-17-7-12-24(33-29(38)41-18-20-8-3-2-4-9-20)25(36)26-32-23-11-6-5-10-22(23)27(37)34-26/h2-6,8-11,13-16,24-25,36H,7,12,17-18H2,1H3,(H,33,38)(H3,30,31,35)(H,32,34,37)/t24-,25?/m0/s1. The second-order valence-corrected chi connectivity index (χ2v) is 11.2. The summed E-state index contributed by atoms with van der Waals surface area (Å²) >= 11 is 0. The number of alkyl carbamates (subject to hydrolysis) is 1. The van der Waals surface area contributed by atoms with E-state index in [0.29, 0.717) is 10.9 Å². The van der Waals surface area contributed by atoms with Crippen molar-refractivity contribution in [1.82, 2.24) is 20.0 Å². The number of aliphatic hydroxyl groups is 1. The summed E-state index contributed by atoms with van der Waals surface area (Å²) in [6, 6.07) is 21.1. The number of hydrogen-bond acceptors (Lipinski definition) is 8. The van der Waals surface area contributed by atoms with Gasteiger partial charge in [0, 0.05) is 6.54 Å². The number of benzene rings is 3. The first kappa shape index (κ1) is 30.2. The summed E-state index contributed by atoms with van der Waals surface area (Å²) < 4.78 is 32.6. The molecule has 0 bridgehead atoms. The van der Waals surface area contributed by atoms with Crippen molar-refractivity contribution in [2.45, 2.75) is 43.4 Å². The molecule has 0 aliphatic carbocycles. The third-order valence-corrected chi connectivity index (χ3v) is 7.70. The summed E-state index contributed by atoms with van der Waals surface area (Å²) in [5, 5.41) is 14.2. The van der Waals surface area contributed by atoms with Crippen LogP contribution in [-0.2, 0) is 21.4 Å². The predicted molar refractivity (Wildman–Crippen MR) is 158 cm³/mol. The van der Waals surface area contributed by atoms with Crippen LogP contribution < -0.4 is 21.3 Å². The number of sulfonamides is 1. The van der Waals surface area contributed by atoms with Gasteiger partial charge in [0.1, 0.15) is 18.5 Å². The first-order valence-electron chi connectivity index (χ1n) is 13.2. The molecule has 0 aliphatic rings. The molecule has 0 spiro atoms. The van der Waals surface area contributed by atoms with E-state index in [2.05, 4.69) is 25.0 Å². The van der Waals surface area contributed by atoms with Crippen LogP contribution in [0, 0.1) is 6.92 Å². The van der Waals surface area contributed by atoms with Gasteiger partial charge in [-0.05, 0) is 49.6 Å². The lowest BCUT2D eigenvalue weighted by Gasteiger charge is -2.23. The minimum atomic E-state index is -3.91. The highest BCUT2D eigenvalue weighted by molar-refractivity contribution is 7.90. The number of aliphatic hydroxyl groups excluding tert-OH is 1. The molecule has 1 aromatic heterocycles. The Morgan fingerprint density at radius 1 is 1.07 bits per heavy atom. The van der Waals surface area contributed by atoms with Crippen molar-refractivity contribution in [2.24, 2.45) is 10.7 Å². The second kappa shape index (κ2) is 13.7. The van der Waals surface area contributed by atoms with Gasteiger partial charge >= 0.3 is 6.09 Å². The number of aromatic amines is 1. The molecule has 1 unspecified atom stereocenters. The lowest BCUT2D eigenvalue weighted by molar-refractivity contribution is 0.0936. The maximum absolute atomic E-state index is 12.6. The maximum Gasteiger partial charge on any atom is 0.407 e. The number of H-pyrrole nitrogens is 1. The van der Waals surface area contributed by atoms with Gasteiger partial charge in [-0.25, -0.2) is 22.9 Å². The highest BCUT2D eigenvalue weighted by atomic mass is 32.2. The van der Waals surface area contributed by atoms with Gasteiger partial charge in [0.2, 0.25) is 5.96 Å². The lowest BCUT2D eigenvalue weighted by atomic mass is 10.0. The average Bonchev–Trinajstić information content (AvgIpc) is 2.97. The molecule has 3 aromatic carbocycles. The van der Waals surface area contributed by atoms with Gasteiger partial charge in [0.05, 0.1) is 21.8 Å². The van der Waals surface area contributed by atoms with E-state index in [-0.39, 0.29) is 42.7 Å². The Balaban J connectivity index is 1.43. The molecule has 2 atom stereocenters. The molecule has 0 radical (unpaired) electrons. The van der Waals surface area contributed by atoms with E-state index >= 15 is 0 Å². The predicted octanol–water partition coefficient (Wildman–Crippen LogP) is 2.63. The van der Waals surface area contributed by atoms with Crippen LogP contribution in [-0.4, -0.2) is 48.1 Å². The zero-order chi connectivity index (χ0) is 30.1. The molecule has 220 valence electrons. The molecular formula is C29H32N6O6S. The van der Waals surface area contributed by atoms with E-state index in [1.165, 1.54) is 12.1 Å². The van der Waals surface area contributed by atoms with E-state index in [1.54, 1.807) is 48.5 Å². The number of fused-ring (bicyclic) bond motifs is 1. The number of ether oxygens (including phenoxy) is 1. The molecule has 6 N–H and O–H groups in total. The first-order chi connectivity index (χ1) is 20.1. The van der Waals surface area contributed by atoms with E-state index in [0.717, 1.165) is 11.1 Å². The number of rotatable bonds is 11. The van der Waals surface area contributed by atoms with Crippen molar-refractivity contribution in [3.05, 3.63) is 106 Å². The number of carbonyl (C=O) groups is 1. The van der Waals surface area contributed by atoms with Gasteiger partial charge in [0.25, 0.3) is 15.6 Å². The molecular weight excluding hydrogens is 560 g/mol. The quantitative estimate of drug-likeness (QED) is 0.0998. The summed E-state index contributed by atoms with van der Waals surface area (Å²) in [6.07, 6.45) is -1.72. The van der Waals surface area contributed by atoms with Gasteiger partial charge in [-0.3, -0.25) is 9.79 Å². The molecule has 4 rings (SSSR count). The Kier molecular flexibility index (Phi) is 9.89. The Morgan fingerprint density at radius 3 is 2.50 bits per heavy atom. The summed E-state index contributed by atoms with van der Waals surface area (Å²) in [7, 11) is -3.91. The van der Waals surface area contributed by atoms with Crippen LogP contribution in [0.3, 0.4) is 0 Å². The smallest absolute Gasteiger partial charge is 0.407 e. The third kappa shape index (κ3) is 8.15. The normalized spacial score (nSPS) is 13.3. The molecule has 42 heavy (non-hydrogen) atoms. The molecule has 0 aliphatic heterocycles. The summed E-state index contributed by atoms with van der Waals surface area (Å²) in [6.45, 7) is 1.94. The number of nitrogens with one attached hydrogen (secondary N) is 3. The van der Waals surface area contributed by atoms with Gasteiger partial charge in [-0.2, -0.15) is 0 Å². The first-order valence-corrected chi connectivity index (χ1v) is 14.6. The fourth-order valence-electron chi connectivity index (χ4n) is 4.12.